The van der Waals surface area contributed by atoms with Crippen molar-refractivity contribution in [2.45, 2.75) is 51.9 Å². The number of aliphatic imine (C=N–C) groups is 1. The third kappa shape index (κ3) is 6.91. The molecule has 4 aliphatic rings. The minimum atomic E-state index is -0.443. The van der Waals surface area contributed by atoms with Crippen LogP contribution >= 0.6 is 0 Å². The molecule has 3 heteroatoms. The average Bonchev–Trinajstić information content (AvgIpc) is 4.44. The van der Waals surface area contributed by atoms with Gasteiger partial charge in [-0.3, -0.25) is 4.57 Å². The summed E-state index contributed by atoms with van der Waals surface area (Å²) in [5, 5.41) is 5.04. The molecule has 386 valence electrons. The molecule has 12 aromatic rings. The quantitative estimate of drug-likeness (QED) is 0.152. The van der Waals surface area contributed by atoms with Gasteiger partial charge in [0.1, 0.15) is 5.82 Å². The molecule has 0 amide bonds. The van der Waals surface area contributed by atoms with E-state index in [1.807, 2.05) is 0 Å². The lowest BCUT2D eigenvalue weighted by Crippen LogP contribution is -2.25. The zero-order valence-electron chi connectivity index (χ0n) is 45.9. The van der Waals surface area contributed by atoms with E-state index in [1.54, 1.807) is 0 Å². The van der Waals surface area contributed by atoms with E-state index in [4.69, 9.17) is 4.99 Å². The van der Waals surface area contributed by atoms with Crippen LogP contribution in [0.5, 0.6) is 0 Å². The van der Waals surface area contributed by atoms with Crippen molar-refractivity contribution in [1.82, 2.24) is 9.13 Å². The molecule has 0 unspecified atom stereocenters. The number of hydrogen-bond acceptors (Lipinski definition) is 1. The molecule has 0 N–H and O–H groups in total. The Morgan fingerprint density at radius 2 is 1.04 bits per heavy atom. The summed E-state index contributed by atoms with van der Waals surface area (Å²) in [6.07, 6.45) is 8.43. The van der Waals surface area contributed by atoms with Crippen molar-refractivity contribution in [3.8, 4) is 44.5 Å². The van der Waals surface area contributed by atoms with Gasteiger partial charge in [0.25, 0.3) is 0 Å². The Labute approximate surface area is 473 Å². The Balaban J connectivity index is 0.937. The molecule has 0 saturated heterocycles. The first-order valence-corrected chi connectivity index (χ1v) is 29.0. The topological polar surface area (TPSA) is 22.2 Å². The fourth-order valence-corrected chi connectivity index (χ4v) is 14.9. The molecule has 0 bridgehead atoms. The van der Waals surface area contributed by atoms with E-state index in [1.165, 1.54) is 144 Å². The van der Waals surface area contributed by atoms with Crippen molar-refractivity contribution in [3.05, 3.63) is 293 Å². The summed E-state index contributed by atoms with van der Waals surface area (Å²) in [7, 11) is 0. The van der Waals surface area contributed by atoms with E-state index in [0.29, 0.717) is 0 Å². The van der Waals surface area contributed by atoms with Crippen LogP contribution in [0.4, 0.5) is 0 Å². The lowest BCUT2D eigenvalue weighted by atomic mass is 9.70. The largest absolute Gasteiger partial charge is 0.312 e. The molecule has 16 rings (SSSR count). The summed E-state index contributed by atoms with van der Waals surface area (Å²) < 4.78 is 5.16. The zero-order valence-corrected chi connectivity index (χ0v) is 45.9. The van der Waals surface area contributed by atoms with Gasteiger partial charge in [-0.15, -0.1) is 0 Å². The van der Waals surface area contributed by atoms with Gasteiger partial charge in [-0.2, -0.15) is 0 Å². The fourth-order valence-electron chi connectivity index (χ4n) is 14.9. The van der Waals surface area contributed by atoms with Crippen LogP contribution < -0.4 is 0 Å². The standard InChI is InChI=1S/C78H59N3/c1-4-51-48-65(55-43-41-53(42-44-55)52-23-7-5-8-24-52)49(2)50(3)75(79-77(51)81-71-39-20-15-33-64(71)73-58(34-22-40-72(73)81)54-25-9-6-10-26-54)56-27-21-28-57(47-56)80-70-38-19-14-31-61(70)62-45-46-69-74(76(62)80)63-32-13-18-37-68(63)78(69)66-35-16-11-29-59(66)60-30-12-17-36-67(60)78/h5-20,22-27,29-47,50H,4,21,28,48H2,1-3H3/b65-49+,77-51+,79-75?/t50-/m1/s1. The highest BCUT2D eigenvalue weighted by Gasteiger charge is 2.52. The summed E-state index contributed by atoms with van der Waals surface area (Å²) in [6, 6.07) is 88.4. The minimum Gasteiger partial charge on any atom is -0.312 e. The molecule has 1 atom stereocenters. The number of benzene rings is 10. The van der Waals surface area contributed by atoms with Gasteiger partial charge in [-0.05, 0) is 140 Å². The van der Waals surface area contributed by atoms with Gasteiger partial charge in [0.2, 0.25) is 0 Å². The summed E-state index contributed by atoms with van der Waals surface area (Å²) >= 11 is 0. The van der Waals surface area contributed by atoms with Crippen LogP contribution in [-0.2, 0) is 5.41 Å². The van der Waals surface area contributed by atoms with Crippen molar-refractivity contribution in [2.75, 3.05) is 0 Å². The van der Waals surface area contributed by atoms with E-state index in [-0.39, 0.29) is 5.92 Å². The Kier molecular flexibility index (Phi) is 10.8. The lowest BCUT2D eigenvalue weighted by molar-refractivity contribution is 0.794. The first-order valence-electron chi connectivity index (χ1n) is 29.0. The van der Waals surface area contributed by atoms with Crippen molar-refractivity contribution >= 4 is 66.4 Å². The predicted molar refractivity (Wildman–Crippen MR) is 341 cm³/mol. The van der Waals surface area contributed by atoms with Gasteiger partial charge < -0.3 is 4.57 Å². The first-order chi connectivity index (χ1) is 40.0. The maximum Gasteiger partial charge on any atom is 0.137 e. The van der Waals surface area contributed by atoms with Gasteiger partial charge in [0, 0.05) is 38.7 Å². The van der Waals surface area contributed by atoms with Crippen molar-refractivity contribution in [1.29, 1.82) is 0 Å². The van der Waals surface area contributed by atoms with Crippen LogP contribution in [0.1, 0.15) is 74.3 Å². The van der Waals surface area contributed by atoms with Crippen molar-refractivity contribution in [3.63, 3.8) is 0 Å². The summed E-state index contributed by atoms with van der Waals surface area (Å²) in [5.74, 6) is 1.02. The number of fused-ring (bicyclic) bond motifs is 17. The Hall–Kier alpha value is -9.57. The SMILES string of the molecule is CC/C1=C(\n2c3ccccc3c3c(-c4ccccc4)cccc32)N=C(C2=CCCC(n3c4ccccc4c4ccc5c(c43)-c3ccccc3C53c4ccccc4-c4ccccc43)=C2)[C@H](C)/C(C)=C(/c2ccc(-c3ccccc3)cc2)C1. The Bertz CT molecular complexity index is 4710. The van der Waals surface area contributed by atoms with Gasteiger partial charge in [-0.25, -0.2) is 4.99 Å². The van der Waals surface area contributed by atoms with E-state index in [2.05, 4.69) is 279 Å². The number of rotatable bonds is 7. The second-order valence-corrected chi connectivity index (χ2v) is 22.7. The molecule has 10 aromatic carbocycles. The van der Waals surface area contributed by atoms with Crippen molar-refractivity contribution in [2.24, 2.45) is 10.9 Å². The van der Waals surface area contributed by atoms with Crippen LogP contribution in [0, 0.1) is 5.92 Å². The molecule has 2 aromatic heterocycles. The predicted octanol–water partition coefficient (Wildman–Crippen LogP) is 20.4. The second kappa shape index (κ2) is 18.5. The molecular weight excluding hydrogens is 979 g/mol. The van der Waals surface area contributed by atoms with Crippen LogP contribution in [0.15, 0.2) is 270 Å². The van der Waals surface area contributed by atoms with E-state index in [9.17, 15) is 0 Å². The summed E-state index contributed by atoms with van der Waals surface area (Å²) in [6.45, 7) is 7.11. The zero-order chi connectivity index (χ0) is 53.9. The van der Waals surface area contributed by atoms with E-state index < -0.39 is 5.41 Å². The second-order valence-electron chi connectivity index (χ2n) is 22.7. The van der Waals surface area contributed by atoms with Crippen LogP contribution in [0.25, 0.3) is 105 Å². The third-order valence-corrected chi connectivity index (χ3v) is 18.7. The van der Waals surface area contributed by atoms with Gasteiger partial charge in [0.15, 0.2) is 0 Å². The highest BCUT2D eigenvalue weighted by atomic mass is 15.1. The molecule has 1 aliphatic heterocycles. The maximum absolute atomic E-state index is 6.19. The smallest absolute Gasteiger partial charge is 0.137 e. The molecule has 0 fully saturated rings. The molecule has 3 heterocycles. The third-order valence-electron chi connectivity index (χ3n) is 18.7. The van der Waals surface area contributed by atoms with Gasteiger partial charge >= 0.3 is 0 Å². The molecule has 0 saturated carbocycles. The Morgan fingerprint density at radius 1 is 0.481 bits per heavy atom. The molecule has 3 aliphatic carbocycles. The average molecular weight is 1040 g/mol. The molecule has 81 heavy (non-hydrogen) atoms. The number of allylic oxidation sites excluding steroid dienone is 7. The molecule has 0 radical (unpaired) electrons. The number of aromatic nitrogens is 2. The number of hydrogen-bond donors (Lipinski definition) is 0. The number of para-hydroxylation sites is 2. The van der Waals surface area contributed by atoms with Crippen LogP contribution in [0.3, 0.4) is 0 Å². The van der Waals surface area contributed by atoms with Gasteiger partial charge in [0.05, 0.1) is 33.2 Å². The fraction of sp³-hybridized carbons (Fsp3) is 0.115. The van der Waals surface area contributed by atoms with Gasteiger partial charge in [-0.1, -0.05) is 244 Å². The molecule has 3 nitrogen and oxygen atoms in total. The maximum atomic E-state index is 6.19. The first kappa shape index (κ1) is 47.4. The lowest BCUT2D eigenvalue weighted by Gasteiger charge is -2.30. The highest BCUT2D eigenvalue weighted by molar-refractivity contribution is 6.19. The minimum absolute atomic E-state index is 0.00587. The normalized spacial score (nSPS) is 18.1. The highest BCUT2D eigenvalue weighted by Crippen LogP contribution is 2.64. The Morgan fingerprint density at radius 3 is 1.74 bits per heavy atom. The molecular formula is C78H59N3. The van der Waals surface area contributed by atoms with Crippen LogP contribution in [0.2, 0.25) is 0 Å². The van der Waals surface area contributed by atoms with E-state index in [0.717, 1.165) is 37.2 Å². The molecule has 1 spiro atoms. The van der Waals surface area contributed by atoms with Crippen molar-refractivity contribution < 1.29 is 0 Å². The monoisotopic (exact) mass is 1040 g/mol. The number of nitrogens with zero attached hydrogens (tertiary/aromatic N) is 3. The van der Waals surface area contributed by atoms with Crippen LogP contribution in [-0.4, -0.2) is 14.8 Å². The summed E-state index contributed by atoms with van der Waals surface area (Å²) in [5.41, 5.74) is 28.9. The summed E-state index contributed by atoms with van der Waals surface area (Å²) in [4.78, 5) is 6.19. The van der Waals surface area contributed by atoms with E-state index >= 15 is 0 Å².